The van der Waals surface area contributed by atoms with Crippen LogP contribution in [0, 0.1) is 5.92 Å². The number of ether oxygens (including phenoxy) is 4. The number of esters is 1. The van der Waals surface area contributed by atoms with Gasteiger partial charge in [-0.05, 0) is 47.9 Å². The Balaban J connectivity index is 1.61. The van der Waals surface area contributed by atoms with Gasteiger partial charge in [-0.2, -0.15) is 8.78 Å². The molecule has 144 valence electrons. The van der Waals surface area contributed by atoms with Crippen LogP contribution in [0.25, 0.3) is 0 Å². The number of alkyl halides is 2. The molecule has 1 heterocycles. The molecule has 3 rings (SSSR count). The largest absolute Gasteiger partial charge is 0.493 e. The Morgan fingerprint density at radius 3 is 2.81 bits per heavy atom. The summed E-state index contributed by atoms with van der Waals surface area (Å²) in [6, 6.07) is 9.62. The van der Waals surface area contributed by atoms with Crippen LogP contribution in [0.1, 0.15) is 11.1 Å². The summed E-state index contributed by atoms with van der Waals surface area (Å²) in [5.74, 6) is -0.0974. The fourth-order valence-electron chi connectivity index (χ4n) is 2.78. The molecule has 1 aliphatic rings. The second-order valence-electron chi connectivity index (χ2n) is 5.94. The zero-order chi connectivity index (χ0) is 19.4. The number of rotatable bonds is 6. The Labute approximate surface area is 159 Å². The monoisotopic (exact) mass is 398 g/mol. The van der Waals surface area contributed by atoms with Crippen molar-refractivity contribution < 1.29 is 32.5 Å². The maximum atomic E-state index is 12.4. The van der Waals surface area contributed by atoms with E-state index in [0.29, 0.717) is 22.8 Å². The molecule has 8 heteroatoms. The van der Waals surface area contributed by atoms with E-state index in [4.69, 9.17) is 25.8 Å². The first-order valence-corrected chi connectivity index (χ1v) is 8.53. The first kappa shape index (κ1) is 19.2. The molecule has 5 nitrogen and oxygen atoms in total. The van der Waals surface area contributed by atoms with Crippen molar-refractivity contribution in [2.75, 3.05) is 13.7 Å². The van der Waals surface area contributed by atoms with Gasteiger partial charge in [-0.1, -0.05) is 17.7 Å². The molecule has 0 aromatic heterocycles. The lowest BCUT2D eigenvalue weighted by Crippen LogP contribution is -2.29. The van der Waals surface area contributed by atoms with Gasteiger partial charge in [0.25, 0.3) is 0 Å². The Morgan fingerprint density at radius 1 is 1.26 bits per heavy atom. The van der Waals surface area contributed by atoms with Crippen LogP contribution in [0.2, 0.25) is 5.02 Å². The average Bonchev–Trinajstić information content (AvgIpc) is 2.65. The number of fused-ring (bicyclic) bond motifs is 1. The van der Waals surface area contributed by atoms with Gasteiger partial charge in [0.15, 0.2) is 11.5 Å². The molecule has 0 saturated heterocycles. The molecule has 2 aromatic carbocycles. The molecule has 0 spiro atoms. The summed E-state index contributed by atoms with van der Waals surface area (Å²) >= 11 is 5.98. The van der Waals surface area contributed by atoms with Crippen LogP contribution in [-0.4, -0.2) is 26.3 Å². The number of carbonyl (C=O) groups excluding carboxylic acids is 1. The third-order valence-electron chi connectivity index (χ3n) is 4.09. The van der Waals surface area contributed by atoms with Crippen LogP contribution in [0.15, 0.2) is 36.4 Å². The normalized spacial score (nSPS) is 15.7. The number of hydrogen-bond donors (Lipinski definition) is 0. The number of halogens is 3. The van der Waals surface area contributed by atoms with Crippen LogP contribution in [-0.2, 0) is 22.6 Å². The summed E-state index contributed by atoms with van der Waals surface area (Å²) in [5, 5.41) is 0.574. The maximum Gasteiger partial charge on any atom is 0.387 e. The topological polar surface area (TPSA) is 54.0 Å². The summed E-state index contributed by atoms with van der Waals surface area (Å²) in [5.41, 5.74) is 1.44. The lowest BCUT2D eigenvalue weighted by atomic mass is 9.97. The molecule has 0 bridgehead atoms. The molecule has 2 aromatic rings. The van der Waals surface area contributed by atoms with E-state index in [-0.39, 0.29) is 24.7 Å². The Bertz CT molecular complexity index is 828. The first-order valence-electron chi connectivity index (χ1n) is 8.16. The predicted octanol–water partition coefficient (Wildman–Crippen LogP) is 4.24. The van der Waals surface area contributed by atoms with E-state index in [2.05, 4.69) is 4.74 Å². The highest BCUT2D eigenvalue weighted by molar-refractivity contribution is 6.30. The minimum atomic E-state index is -2.95. The lowest BCUT2D eigenvalue weighted by Gasteiger charge is -2.24. The highest BCUT2D eigenvalue weighted by atomic mass is 35.5. The predicted molar refractivity (Wildman–Crippen MR) is 93.6 cm³/mol. The van der Waals surface area contributed by atoms with Gasteiger partial charge in [-0.3, -0.25) is 4.79 Å². The Morgan fingerprint density at radius 2 is 2.07 bits per heavy atom. The minimum Gasteiger partial charge on any atom is -0.493 e. The quantitative estimate of drug-likeness (QED) is 0.681. The highest BCUT2D eigenvalue weighted by Gasteiger charge is 2.27. The van der Waals surface area contributed by atoms with E-state index in [1.54, 1.807) is 18.2 Å². The summed E-state index contributed by atoms with van der Waals surface area (Å²) in [6.45, 7) is -2.76. The van der Waals surface area contributed by atoms with E-state index in [9.17, 15) is 13.6 Å². The van der Waals surface area contributed by atoms with Crippen molar-refractivity contribution in [3.05, 3.63) is 52.5 Å². The number of carbonyl (C=O) groups is 1. The Kier molecular flexibility index (Phi) is 6.01. The fourth-order valence-corrected chi connectivity index (χ4v) is 2.98. The van der Waals surface area contributed by atoms with E-state index in [1.165, 1.54) is 25.3 Å². The van der Waals surface area contributed by atoms with E-state index >= 15 is 0 Å². The number of methoxy groups -OCH3 is 1. The van der Waals surface area contributed by atoms with Crippen molar-refractivity contribution in [1.29, 1.82) is 0 Å². The smallest absolute Gasteiger partial charge is 0.387 e. The standard InChI is InChI=1S/C19H17ClF2O5/c1-24-17-6-11(2-4-16(17)27-19(21)22)9-26-18(23)13-7-12-8-14(20)3-5-15(12)25-10-13/h2-6,8,13,19H,7,9-10H2,1H3/t13-/m0/s1. The molecule has 0 unspecified atom stereocenters. The molecule has 0 amide bonds. The second kappa shape index (κ2) is 8.43. The Hall–Kier alpha value is -2.54. The molecular weight excluding hydrogens is 382 g/mol. The molecular formula is C19H17ClF2O5. The van der Waals surface area contributed by atoms with Crippen molar-refractivity contribution >= 4 is 17.6 Å². The summed E-state index contributed by atoms with van der Waals surface area (Å²) in [6.07, 6.45) is 0.471. The van der Waals surface area contributed by atoms with Gasteiger partial charge < -0.3 is 18.9 Å². The van der Waals surface area contributed by atoms with Crippen molar-refractivity contribution in [1.82, 2.24) is 0 Å². The summed E-state index contributed by atoms with van der Waals surface area (Å²) in [4.78, 5) is 12.3. The van der Waals surface area contributed by atoms with Crippen LogP contribution in [0.5, 0.6) is 17.2 Å². The second-order valence-corrected chi connectivity index (χ2v) is 6.37. The summed E-state index contributed by atoms with van der Waals surface area (Å²) < 4.78 is 45.0. The maximum absolute atomic E-state index is 12.4. The van der Waals surface area contributed by atoms with Gasteiger partial charge >= 0.3 is 12.6 Å². The molecule has 27 heavy (non-hydrogen) atoms. The third kappa shape index (κ3) is 4.80. The minimum absolute atomic E-state index is 0.0247. The van der Waals surface area contributed by atoms with Crippen LogP contribution in [0.4, 0.5) is 8.78 Å². The highest BCUT2D eigenvalue weighted by Crippen LogP contribution is 2.31. The molecule has 0 N–H and O–H groups in total. The first-order chi connectivity index (χ1) is 13.0. The van der Waals surface area contributed by atoms with E-state index < -0.39 is 18.5 Å². The number of hydrogen-bond acceptors (Lipinski definition) is 5. The number of benzene rings is 2. The summed E-state index contributed by atoms with van der Waals surface area (Å²) in [7, 11) is 1.34. The van der Waals surface area contributed by atoms with E-state index in [1.807, 2.05) is 0 Å². The van der Waals surface area contributed by atoms with Crippen molar-refractivity contribution in [2.24, 2.45) is 5.92 Å². The van der Waals surface area contributed by atoms with Gasteiger partial charge in [0.1, 0.15) is 19.0 Å². The molecule has 0 radical (unpaired) electrons. The zero-order valence-electron chi connectivity index (χ0n) is 14.4. The average molecular weight is 399 g/mol. The molecule has 0 fully saturated rings. The van der Waals surface area contributed by atoms with Gasteiger partial charge in [-0.25, -0.2) is 0 Å². The van der Waals surface area contributed by atoms with Crippen LogP contribution < -0.4 is 14.2 Å². The van der Waals surface area contributed by atoms with E-state index in [0.717, 1.165) is 5.56 Å². The van der Waals surface area contributed by atoms with Crippen molar-refractivity contribution in [3.8, 4) is 17.2 Å². The fraction of sp³-hybridized carbons (Fsp3) is 0.316. The molecule has 0 aliphatic carbocycles. The van der Waals surface area contributed by atoms with Gasteiger partial charge in [0.05, 0.1) is 13.0 Å². The lowest BCUT2D eigenvalue weighted by molar-refractivity contribution is -0.151. The van der Waals surface area contributed by atoms with Crippen molar-refractivity contribution in [2.45, 2.75) is 19.6 Å². The zero-order valence-corrected chi connectivity index (χ0v) is 15.2. The van der Waals surface area contributed by atoms with Gasteiger partial charge in [0, 0.05) is 5.02 Å². The van der Waals surface area contributed by atoms with Crippen LogP contribution in [0.3, 0.4) is 0 Å². The van der Waals surface area contributed by atoms with Gasteiger partial charge in [0.2, 0.25) is 0 Å². The molecule has 0 saturated carbocycles. The third-order valence-corrected chi connectivity index (χ3v) is 4.32. The van der Waals surface area contributed by atoms with Gasteiger partial charge in [-0.15, -0.1) is 0 Å². The SMILES string of the molecule is COc1cc(COC(=O)[C@@H]2COc3ccc(Cl)cc3C2)ccc1OC(F)F. The molecule has 1 atom stereocenters. The van der Waals surface area contributed by atoms with Crippen molar-refractivity contribution in [3.63, 3.8) is 0 Å². The van der Waals surface area contributed by atoms with Crippen LogP contribution >= 0.6 is 11.6 Å². The molecule has 1 aliphatic heterocycles.